The number of fused-ring (bicyclic) bond motifs is 4. The number of aromatic nitrogens is 2. The number of aliphatic imine (C=N–C) groups is 1. The Bertz CT molecular complexity index is 2700. The highest BCUT2D eigenvalue weighted by Gasteiger charge is 2.21. The molecule has 1 aliphatic rings. The Morgan fingerprint density at radius 3 is 2.19 bits per heavy atom. The van der Waals surface area contributed by atoms with Crippen LogP contribution in [-0.2, 0) is 0 Å². The number of rotatable bonds is 4. The van der Waals surface area contributed by atoms with Crippen molar-refractivity contribution in [3.8, 4) is 16.8 Å². The van der Waals surface area contributed by atoms with Crippen LogP contribution >= 0.6 is 0 Å². The molecule has 2 aromatic heterocycles. The normalized spacial score (nSPS) is 13.3. The van der Waals surface area contributed by atoms with Crippen LogP contribution in [0.2, 0.25) is 0 Å². The minimum Gasteiger partial charge on any atom is -0.309 e. The lowest BCUT2D eigenvalue weighted by Crippen LogP contribution is -2.27. The molecule has 0 amide bonds. The van der Waals surface area contributed by atoms with Crippen molar-refractivity contribution >= 4 is 71.5 Å². The van der Waals surface area contributed by atoms with Gasteiger partial charge in [-0.3, -0.25) is 4.90 Å². The molecule has 226 valence electrons. The molecule has 0 saturated carbocycles. The molecule has 3 heterocycles. The average Bonchev–Trinajstić information content (AvgIpc) is 3.49. The first kappa shape index (κ1) is 26.9. The predicted molar refractivity (Wildman–Crippen MR) is 202 cm³/mol. The summed E-state index contributed by atoms with van der Waals surface area (Å²) >= 11 is 0. The zero-order chi connectivity index (χ0) is 31.6. The maximum atomic E-state index is 4.73. The molecular weight excluding hydrogens is 585 g/mol. The molecule has 0 unspecified atom stereocenters. The lowest BCUT2D eigenvalue weighted by atomic mass is 9.88. The van der Waals surface area contributed by atoms with Gasteiger partial charge in [-0.25, -0.2) is 9.98 Å². The number of anilines is 2. The third-order valence-corrected chi connectivity index (χ3v) is 9.87. The van der Waals surface area contributed by atoms with Gasteiger partial charge in [-0.2, -0.15) is 0 Å². The second kappa shape index (κ2) is 10.6. The van der Waals surface area contributed by atoms with Crippen LogP contribution in [-0.4, -0.2) is 15.4 Å². The standard InChI is InChI=1S/C44H30N4/c1-2-10-32(11-3-1)47-38-13-5-4-12-36(38)44-37-25-24-35-34(23-20-30-16-17-31(28-39(44)47)43(37)42(30)35)29-18-21-33(22-19-29)48(40-14-6-8-26-45-40)41-15-7-9-27-46-41/h1-6,8-14,16-28H,7,15H2. The molecule has 4 heteroatoms. The molecule has 0 atom stereocenters. The van der Waals surface area contributed by atoms with Crippen LogP contribution in [0.15, 0.2) is 163 Å². The van der Waals surface area contributed by atoms with Gasteiger partial charge in [0.1, 0.15) is 11.7 Å². The van der Waals surface area contributed by atoms with E-state index in [0.717, 1.165) is 30.2 Å². The summed E-state index contributed by atoms with van der Waals surface area (Å²) in [5.41, 5.74) is 7.12. The third-order valence-electron chi connectivity index (χ3n) is 9.87. The lowest BCUT2D eigenvalue weighted by molar-refractivity contribution is 1.02. The molecule has 0 aliphatic carbocycles. The zero-order valence-electron chi connectivity index (χ0n) is 26.2. The van der Waals surface area contributed by atoms with Crippen molar-refractivity contribution in [2.24, 2.45) is 4.99 Å². The Morgan fingerprint density at radius 2 is 1.35 bits per heavy atom. The summed E-state index contributed by atoms with van der Waals surface area (Å²) in [6, 6.07) is 50.6. The highest BCUT2D eigenvalue weighted by molar-refractivity contribution is 6.34. The summed E-state index contributed by atoms with van der Waals surface area (Å²) in [5, 5.41) is 10.3. The average molecular weight is 615 g/mol. The first-order chi connectivity index (χ1) is 23.8. The molecule has 1 aliphatic heterocycles. The number of pyridine rings is 1. The summed E-state index contributed by atoms with van der Waals surface area (Å²) in [5.74, 6) is 1.88. The first-order valence-corrected chi connectivity index (χ1v) is 16.6. The van der Waals surface area contributed by atoms with E-state index in [1.165, 1.54) is 70.9 Å². The number of nitrogens with zero attached hydrogens (tertiary/aromatic N) is 4. The number of benzene rings is 7. The van der Waals surface area contributed by atoms with Gasteiger partial charge in [-0.05, 0) is 98.4 Å². The summed E-state index contributed by atoms with van der Waals surface area (Å²) in [7, 11) is 0. The van der Waals surface area contributed by atoms with Gasteiger partial charge in [0.2, 0.25) is 0 Å². The van der Waals surface area contributed by atoms with Crippen LogP contribution in [0.4, 0.5) is 11.5 Å². The van der Waals surface area contributed by atoms with E-state index in [-0.39, 0.29) is 0 Å². The Balaban J connectivity index is 1.17. The van der Waals surface area contributed by atoms with Crippen molar-refractivity contribution in [2.45, 2.75) is 12.8 Å². The Labute approximate surface area is 277 Å². The van der Waals surface area contributed by atoms with Crippen LogP contribution in [0.5, 0.6) is 0 Å². The van der Waals surface area contributed by atoms with E-state index in [1.807, 2.05) is 30.6 Å². The van der Waals surface area contributed by atoms with Gasteiger partial charge in [-0.1, -0.05) is 97.1 Å². The van der Waals surface area contributed by atoms with Crippen molar-refractivity contribution < 1.29 is 0 Å². The predicted octanol–water partition coefficient (Wildman–Crippen LogP) is 11.6. The quantitative estimate of drug-likeness (QED) is 0.185. The van der Waals surface area contributed by atoms with E-state index in [0.29, 0.717) is 0 Å². The summed E-state index contributed by atoms with van der Waals surface area (Å²) < 4.78 is 2.41. The fourth-order valence-corrected chi connectivity index (χ4v) is 7.79. The Morgan fingerprint density at radius 1 is 0.583 bits per heavy atom. The molecule has 10 rings (SSSR count). The molecular formula is C44H30N4. The van der Waals surface area contributed by atoms with E-state index < -0.39 is 0 Å². The summed E-state index contributed by atoms with van der Waals surface area (Å²) in [6.45, 7) is 0. The van der Waals surface area contributed by atoms with Crippen molar-refractivity contribution in [3.63, 3.8) is 0 Å². The highest BCUT2D eigenvalue weighted by Crippen LogP contribution is 2.45. The number of hydrogen-bond donors (Lipinski definition) is 0. The Hall–Kier alpha value is -6.26. The largest absolute Gasteiger partial charge is 0.309 e. The van der Waals surface area contributed by atoms with E-state index in [1.54, 1.807) is 0 Å². The van der Waals surface area contributed by atoms with Crippen LogP contribution in [0.1, 0.15) is 12.8 Å². The smallest absolute Gasteiger partial charge is 0.138 e. The fraction of sp³-hybridized carbons (Fsp3) is 0.0455. The zero-order valence-corrected chi connectivity index (χ0v) is 26.2. The lowest BCUT2D eigenvalue weighted by Gasteiger charge is -2.26. The third kappa shape index (κ3) is 4.02. The number of allylic oxidation sites excluding steroid dienone is 1. The van der Waals surface area contributed by atoms with Crippen LogP contribution in [0.25, 0.3) is 70.9 Å². The second-order valence-corrected chi connectivity index (χ2v) is 12.5. The number of hydrogen-bond acceptors (Lipinski definition) is 3. The summed E-state index contributed by atoms with van der Waals surface area (Å²) in [4.78, 5) is 11.6. The monoisotopic (exact) mass is 614 g/mol. The van der Waals surface area contributed by atoms with E-state index in [9.17, 15) is 0 Å². The molecule has 7 aromatic carbocycles. The summed E-state index contributed by atoms with van der Waals surface area (Å²) in [6.07, 6.45) is 7.71. The highest BCUT2D eigenvalue weighted by atomic mass is 15.2. The van der Waals surface area contributed by atoms with E-state index in [2.05, 4.69) is 142 Å². The fourth-order valence-electron chi connectivity index (χ4n) is 7.79. The minimum absolute atomic E-state index is 0.876. The SMILES string of the molecule is C1=CN=C(N(c2ccc(-c3ccc4ccc5cc6c(c7ccc3c4c57)c3ccccc3n6-c3ccccc3)cc2)c2ccccn2)CC1. The maximum absolute atomic E-state index is 4.73. The molecule has 0 N–H and O–H groups in total. The van der Waals surface area contributed by atoms with Gasteiger partial charge in [0.05, 0.1) is 11.0 Å². The maximum Gasteiger partial charge on any atom is 0.138 e. The van der Waals surface area contributed by atoms with Crippen molar-refractivity contribution in [2.75, 3.05) is 4.90 Å². The first-order valence-electron chi connectivity index (χ1n) is 16.6. The molecule has 0 fully saturated rings. The topological polar surface area (TPSA) is 33.4 Å². The molecule has 9 aromatic rings. The molecule has 48 heavy (non-hydrogen) atoms. The van der Waals surface area contributed by atoms with Gasteiger partial charge in [0.25, 0.3) is 0 Å². The van der Waals surface area contributed by atoms with Crippen LogP contribution in [0.3, 0.4) is 0 Å². The molecule has 4 nitrogen and oxygen atoms in total. The molecule has 0 saturated heterocycles. The van der Waals surface area contributed by atoms with Gasteiger partial charge >= 0.3 is 0 Å². The van der Waals surface area contributed by atoms with Gasteiger partial charge in [0.15, 0.2) is 0 Å². The number of para-hydroxylation sites is 2. The van der Waals surface area contributed by atoms with Gasteiger partial charge < -0.3 is 4.57 Å². The molecule has 0 spiro atoms. The molecule has 0 radical (unpaired) electrons. The molecule has 0 bridgehead atoms. The Kier molecular flexibility index (Phi) is 5.97. The number of amidine groups is 1. The van der Waals surface area contributed by atoms with Crippen LogP contribution < -0.4 is 4.90 Å². The van der Waals surface area contributed by atoms with Crippen molar-refractivity contribution in [1.29, 1.82) is 0 Å². The van der Waals surface area contributed by atoms with Crippen molar-refractivity contribution in [1.82, 2.24) is 9.55 Å². The van der Waals surface area contributed by atoms with Gasteiger partial charge in [-0.15, -0.1) is 0 Å². The van der Waals surface area contributed by atoms with E-state index in [4.69, 9.17) is 4.99 Å². The minimum atomic E-state index is 0.876. The van der Waals surface area contributed by atoms with Crippen molar-refractivity contribution in [3.05, 3.63) is 158 Å². The van der Waals surface area contributed by atoms with Crippen LogP contribution in [0, 0.1) is 0 Å². The second-order valence-electron chi connectivity index (χ2n) is 12.5. The van der Waals surface area contributed by atoms with Gasteiger partial charge in [0, 0.05) is 41.0 Å². The van der Waals surface area contributed by atoms with E-state index >= 15 is 0 Å².